The number of fused-ring (bicyclic) bond motifs is 1. The van der Waals surface area contributed by atoms with Crippen LogP contribution in [0.4, 0.5) is 8.78 Å². The summed E-state index contributed by atoms with van der Waals surface area (Å²) in [5.41, 5.74) is -0.339. The Labute approximate surface area is 149 Å². The second-order valence-corrected chi connectivity index (χ2v) is 6.74. The molecular weight excluding hydrogens is 350 g/mol. The standard InChI is InChI=1S/C15H22F2N4O2.CH2O2/c1-8(2)13-6-21-5-9(3-10(21)7-23-13)18-15(22)12-4-11(14(16)17)19-20-12;2-1-3/h4,8-10,13-14H,3,5-7H2,1-2H3,(H,18,22)(H,19,20);1H,(H,2,3)/t9-,10-,13+;/m0./s1. The largest absolute Gasteiger partial charge is 0.483 e. The molecule has 146 valence electrons. The molecule has 1 aromatic heterocycles. The zero-order valence-electron chi connectivity index (χ0n) is 14.7. The number of H-pyrrole nitrogens is 1. The van der Waals surface area contributed by atoms with E-state index in [9.17, 15) is 13.6 Å². The van der Waals surface area contributed by atoms with E-state index in [-0.39, 0.29) is 30.0 Å². The molecule has 0 saturated carbocycles. The van der Waals surface area contributed by atoms with E-state index in [1.54, 1.807) is 0 Å². The average Bonchev–Trinajstić information content (AvgIpc) is 3.21. The summed E-state index contributed by atoms with van der Waals surface area (Å²) < 4.78 is 30.9. The Bertz CT molecular complexity index is 611. The third-order valence-corrected chi connectivity index (χ3v) is 4.59. The summed E-state index contributed by atoms with van der Waals surface area (Å²) in [6.07, 6.45) is -1.63. The number of nitrogens with one attached hydrogen (secondary N) is 2. The quantitative estimate of drug-likeness (QED) is 0.685. The summed E-state index contributed by atoms with van der Waals surface area (Å²) in [7, 11) is 0. The second-order valence-electron chi connectivity index (χ2n) is 6.74. The van der Waals surface area contributed by atoms with E-state index < -0.39 is 12.3 Å². The Morgan fingerprint density at radius 3 is 2.77 bits per heavy atom. The summed E-state index contributed by atoms with van der Waals surface area (Å²) in [4.78, 5) is 22.8. The molecule has 3 atom stereocenters. The Hall–Kier alpha value is -2.07. The van der Waals surface area contributed by atoms with Crippen LogP contribution in [0, 0.1) is 5.92 Å². The third kappa shape index (κ3) is 4.98. The lowest BCUT2D eigenvalue weighted by atomic mass is 10.0. The van der Waals surface area contributed by atoms with Crippen molar-refractivity contribution < 1.29 is 28.2 Å². The molecule has 3 N–H and O–H groups in total. The average molecular weight is 374 g/mol. The molecule has 2 aliphatic rings. The Morgan fingerprint density at radius 1 is 1.50 bits per heavy atom. The minimum atomic E-state index is -2.66. The number of amides is 1. The molecular formula is C16H24F2N4O4. The zero-order valence-corrected chi connectivity index (χ0v) is 14.7. The minimum absolute atomic E-state index is 0.00137. The first-order valence-corrected chi connectivity index (χ1v) is 8.43. The summed E-state index contributed by atoms with van der Waals surface area (Å²) >= 11 is 0. The number of aromatic amines is 1. The highest BCUT2D eigenvalue weighted by atomic mass is 19.3. The molecule has 10 heteroatoms. The molecule has 0 bridgehead atoms. The number of halogens is 2. The topological polar surface area (TPSA) is 108 Å². The van der Waals surface area contributed by atoms with Crippen molar-refractivity contribution in [3.63, 3.8) is 0 Å². The van der Waals surface area contributed by atoms with E-state index in [4.69, 9.17) is 14.6 Å². The summed E-state index contributed by atoms with van der Waals surface area (Å²) in [6, 6.07) is 1.40. The normalized spacial score (nSPS) is 25.5. The van der Waals surface area contributed by atoms with Crippen LogP contribution in [0.5, 0.6) is 0 Å². The predicted octanol–water partition coefficient (Wildman–Crippen LogP) is 1.28. The van der Waals surface area contributed by atoms with Crippen LogP contribution in [0.1, 0.15) is 42.9 Å². The van der Waals surface area contributed by atoms with Crippen molar-refractivity contribution in [1.29, 1.82) is 0 Å². The predicted molar refractivity (Wildman–Crippen MR) is 88.0 cm³/mol. The fraction of sp³-hybridized carbons (Fsp3) is 0.688. The number of nitrogens with zero attached hydrogens (tertiary/aromatic N) is 2. The first kappa shape index (κ1) is 20.2. The highest BCUT2D eigenvalue weighted by molar-refractivity contribution is 5.92. The number of alkyl halides is 2. The van der Waals surface area contributed by atoms with Crippen LogP contribution in [-0.2, 0) is 9.53 Å². The van der Waals surface area contributed by atoms with E-state index in [1.165, 1.54) is 0 Å². The lowest BCUT2D eigenvalue weighted by Gasteiger charge is -2.36. The van der Waals surface area contributed by atoms with Gasteiger partial charge in [-0.3, -0.25) is 19.6 Å². The minimum Gasteiger partial charge on any atom is -0.483 e. The molecule has 2 aliphatic heterocycles. The van der Waals surface area contributed by atoms with E-state index >= 15 is 0 Å². The Kier molecular flexibility index (Phi) is 7.04. The molecule has 3 rings (SSSR count). The van der Waals surface area contributed by atoms with Gasteiger partial charge in [0.2, 0.25) is 0 Å². The SMILES string of the molecule is CC(C)[C@H]1CN2C[C@@H](NC(=O)c3cc(C(F)F)[nH]n3)C[C@H]2CO1.O=CO. The van der Waals surface area contributed by atoms with Crippen LogP contribution >= 0.6 is 0 Å². The van der Waals surface area contributed by atoms with Gasteiger partial charge < -0.3 is 15.2 Å². The van der Waals surface area contributed by atoms with Gasteiger partial charge in [0, 0.05) is 25.2 Å². The molecule has 8 nitrogen and oxygen atoms in total. The maximum absolute atomic E-state index is 12.5. The number of carbonyl (C=O) groups excluding carboxylic acids is 1. The number of morpholine rings is 1. The van der Waals surface area contributed by atoms with Crippen molar-refractivity contribution in [2.24, 2.45) is 5.92 Å². The van der Waals surface area contributed by atoms with Gasteiger partial charge in [-0.25, -0.2) is 8.78 Å². The molecule has 0 spiro atoms. The van der Waals surface area contributed by atoms with E-state index in [2.05, 4.69) is 34.3 Å². The van der Waals surface area contributed by atoms with E-state index in [1.807, 2.05) is 0 Å². The number of carbonyl (C=O) groups is 2. The molecule has 0 unspecified atom stereocenters. The number of hydrogen-bond acceptors (Lipinski definition) is 5. The first-order chi connectivity index (χ1) is 12.3. The lowest BCUT2D eigenvalue weighted by Crippen LogP contribution is -2.48. The van der Waals surface area contributed by atoms with E-state index in [0.717, 1.165) is 25.6 Å². The van der Waals surface area contributed by atoms with Gasteiger partial charge in [-0.15, -0.1) is 0 Å². The lowest BCUT2D eigenvalue weighted by molar-refractivity contribution is -0.122. The fourth-order valence-corrected chi connectivity index (χ4v) is 3.23. The van der Waals surface area contributed by atoms with Crippen LogP contribution in [0.25, 0.3) is 0 Å². The Balaban J connectivity index is 0.000000758. The molecule has 2 saturated heterocycles. The molecule has 0 radical (unpaired) electrons. The van der Waals surface area contributed by atoms with Gasteiger partial charge in [-0.2, -0.15) is 5.10 Å². The first-order valence-electron chi connectivity index (χ1n) is 8.43. The van der Waals surface area contributed by atoms with Crippen LogP contribution in [0.15, 0.2) is 6.07 Å². The van der Waals surface area contributed by atoms with Gasteiger partial charge in [0.1, 0.15) is 11.4 Å². The maximum atomic E-state index is 12.5. The van der Waals surface area contributed by atoms with Gasteiger partial charge in [-0.05, 0) is 18.4 Å². The molecule has 26 heavy (non-hydrogen) atoms. The van der Waals surface area contributed by atoms with Crippen molar-refractivity contribution in [1.82, 2.24) is 20.4 Å². The maximum Gasteiger partial charge on any atom is 0.290 e. The summed E-state index contributed by atoms with van der Waals surface area (Å²) in [5, 5.41) is 15.6. The number of aromatic nitrogens is 2. The zero-order chi connectivity index (χ0) is 19.3. The van der Waals surface area contributed by atoms with Crippen LogP contribution in [0.2, 0.25) is 0 Å². The second kappa shape index (κ2) is 9.04. The van der Waals surface area contributed by atoms with Crippen molar-refractivity contribution in [3.05, 3.63) is 17.5 Å². The van der Waals surface area contributed by atoms with Crippen LogP contribution < -0.4 is 5.32 Å². The van der Waals surface area contributed by atoms with Gasteiger partial charge in [0.05, 0.1) is 12.7 Å². The molecule has 0 aromatic carbocycles. The molecule has 1 amide bonds. The highest BCUT2D eigenvalue weighted by Gasteiger charge is 2.38. The summed E-state index contributed by atoms with van der Waals surface area (Å²) in [6.45, 7) is 6.33. The van der Waals surface area contributed by atoms with Gasteiger partial charge >= 0.3 is 0 Å². The van der Waals surface area contributed by atoms with Crippen molar-refractivity contribution in [2.45, 2.75) is 44.9 Å². The van der Waals surface area contributed by atoms with Gasteiger partial charge in [-0.1, -0.05) is 13.8 Å². The number of hydrogen-bond donors (Lipinski definition) is 3. The third-order valence-electron chi connectivity index (χ3n) is 4.59. The van der Waals surface area contributed by atoms with Gasteiger partial charge in [0.15, 0.2) is 0 Å². The molecule has 1 aromatic rings. The molecule has 2 fully saturated rings. The molecule has 3 heterocycles. The number of ether oxygens (including phenoxy) is 1. The van der Waals surface area contributed by atoms with E-state index in [0.29, 0.717) is 18.6 Å². The highest BCUT2D eigenvalue weighted by Crippen LogP contribution is 2.26. The smallest absolute Gasteiger partial charge is 0.290 e. The summed E-state index contributed by atoms with van der Waals surface area (Å²) in [5.74, 6) is 0.0424. The van der Waals surface area contributed by atoms with Crippen LogP contribution in [0.3, 0.4) is 0 Å². The monoisotopic (exact) mass is 374 g/mol. The Morgan fingerprint density at radius 2 is 2.19 bits per heavy atom. The van der Waals surface area contributed by atoms with Gasteiger partial charge in [0.25, 0.3) is 18.8 Å². The fourth-order valence-electron chi connectivity index (χ4n) is 3.23. The van der Waals surface area contributed by atoms with Crippen LogP contribution in [-0.4, -0.2) is 70.5 Å². The number of rotatable bonds is 4. The van der Waals surface area contributed by atoms with Crippen molar-refractivity contribution >= 4 is 12.4 Å². The number of carboxylic acid groups (broad SMARTS) is 1. The molecule has 0 aliphatic carbocycles. The van der Waals surface area contributed by atoms with Crippen molar-refractivity contribution in [2.75, 3.05) is 19.7 Å². The van der Waals surface area contributed by atoms with Crippen molar-refractivity contribution in [3.8, 4) is 0 Å².